The van der Waals surface area contributed by atoms with Gasteiger partial charge in [0, 0.05) is 43.6 Å². The van der Waals surface area contributed by atoms with Crippen LogP contribution in [0, 0.1) is 17.8 Å². The standard InChI is InChI=1S/C26H42N4O5/c1-6-17-12-28-23(11-22(17)35-8-3)30(18-9-10-18)26(33)20-14-27-13-19(24(20)31)25(32)29-21(16(4)5)15-34-7-2/h11-12,16,18-21,24,27,31H,6-10,13-15H2,1-5H3,(H,29,32)/t19-,20+,21+,24-/m1/s1. The van der Waals surface area contributed by atoms with Gasteiger partial charge in [-0.15, -0.1) is 0 Å². The van der Waals surface area contributed by atoms with Crippen LogP contribution in [0.4, 0.5) is 5.82 Å². The molecule has 9 nitrogen and oxygen atoms in total. The highest BCUT2D eigenvalue weighted by Crippen LogP contribution is 2.35. The number of carbonyl (C=O) groups is 2. The molecule has 0 unspecified atom stereocenters. The van der Waals surface area contributed by atoms with E-state index in [1.54, 1.807) is 11.1 Å². The maximum atomic E-state index is 13.7. The molecule has 2 fully saturated rings. The number of aliphatic hydroxyl groups is 1. The van der Waals surface area contributed by atoms with Crippen LogP contribution in [0.1, 0.15) is 53.0 Å². The number of ether oxygens (including phenoxy) is 2. The van der Waals surface area contributed by atoms with E-state index in [0.29, 0.717) is 38.7 Å². The summed E-state index contributed by atoms with van der Waals surface area (Å²) in [4.78, 5) is 33.1. The summed E-state index contributed by atoms with van der Waals surface area (Å²) < 4.78 is 11.3. The molecule has 4 atom stereocenters. The first-order valence-electron chi connectivity index (χ1n) is 13.0. The molecular weight excluding hydrogens is 448 g/mol. The maximum Gasteiger partial charge on any atom is 0.235 e. The Labute approximate surface area is 209 Å². The summed E-state index contributed by atoms with van der Waals surface area (Å²) in [6, 6.07) is 1.72. The number of carbonyl (C=O) groups excluding carboxylic acids is 2. The van der Waals surface area contributed by atoms with E-state index in [0.717, 1.165) is 30.6 Å². The van der Waals surface area contributed by atoms with Gasteiger partial charge in [0.1, 0.15) is 11.6 Å². The molecule has 3 N–H and O–H groups in total. The number of hydrogen-bond donors (Lipinski definition) is 3. The molecule has 9 heteroatoms. The van der Waals surface area contributed by atoms with Gasteiger partial charge in [0.15, 0.2) is 0 Å². The summed E-state index contributed by atoms with van der Waals surface area (Å²) in [5, 5.41) is 17.4. The van der Waals surface area contributed by atoms with Gasteiger partial charge in [-0.1, -0.05) is 20.8 Å². The Hall–Kier alpha value is -2.23. The Morgan fingerprint density at radius 2 is 1.91 bits per heavy atom. The molecule has 2 amide bonds. The van der Waals surface area contributed by atoms with Gasteiger partial charge in [-0.05, 0) is 39.0 Å². The first kappa shape index (κ1) is 27.4. The van der Waals surface area contributed by atoms with E-state index in [1.165, 1.54) is 0 Å². The Balaban J connectivity index is 1.77. The molecule has 1 saturated carbocycles. The number of aliphatic hydroxyl groups excluding tert-OH is 1. The summed E-state index contributed by atoms with van der Waals surface area (Å²) in [5.41, 5.74) is 0.988. The van der Waals surface area contributed by atoms with Crippen molar-refractivity contribution in [1.82, 2.24) is 15.6 Å². The summed E-state index contributed by atoms with van der Waals surface area (Å²) in [7, 11) is 0. The Morgan fingerprint density at radius 3 is 2.51 bits per heavy atom. The molecule has 1 aromatic heterocycles. The number of amides is 2. The molecule has 3 rings (SSSR count). The van der Waals surface area contributed by atoms with Crippen molar-refractivity contribution in [2.24, 2.45) is 17.8 Å². The third kappa shape index (κ3) is 6.71. The van der Waals surface area contributed by atoms with Gasteiger partial charge in [-0.3, -0.25) is 14.5 Å². The van der Waals surface area contributed by atoms with Gasteiger partial charge in [0.2, 0.25) is 11.8 Å². The highest BCUT2D eigenvalue weighted by Gasteiger charge is 2.45. The number of aromatic nitrogens is 1. The second-order valence-corrected chi connectivity index (χ2v) is 9.76. The first-order valence-corrected chi connectivity index (χ1v) is 13.0. The van der Waals surface area contributed by atoms with Crippen LogP contribution in [0.15, 0.2) is 12.3 Å². The zero-order chi connectivity index (χ0) is 25.5. The number of anilines is 1. The lowest BCUT2D eigenvalue weighted by atomic mass is 9.85. The molecule has 1 aliphatic heterocycles. The van der Waals surface area contributed by atoms with Crippen LogP contribution >= 0.6 is 0 Å². The Morgan fingerprint density at radius 1 is 1.20 bits per heavy atom. The first-order chi connectivity index (χ1) is 16.8. The molecule has 1 aromatic rings. The highest BCUT2D eigenvalue weighted by atomic mass is 16.5. The van der Waals surface area contributed by atoms with E-state index >= 15 is 0 Å². The average molecular weight is 491 g/mol. The summed E-state index contributed by atoms with van der Waals surface area (Å²) in [6.07, 6.45) is 3.23. The van der Waals surface area contributed by atoms with Crippen molar-refractivity contribution in [3.8, 4) is 5.75 Å². The summed E-state index contributed by atoms with van der Waals surface area (Å²) in [6.45, 7) is 12.1. The lowest BCUT2D eigenvalue weighted by Crippen LogP contribution is -2.59. The van der Waals surface area contributed by atoms with E-state index < -0.39 is 17.9 Å². The molecule has 2 aliphatic rings. The predicted octanol–water partition coefficient (Wildman–Crippen LogP) is 1.91. The van der Waals surface area contributed by atoms with Crippen molar-refractivity contribution in [1.29, 1.82) is 0 Å². The van der Waals surface area contributed by atoms with Gasteiger partial charge in [-0.25, -0.2) is 4.98 Å². The smallest absolute Gasteiger partial charge is 0.235 e. The van der Waals surface area contributed by atoms with Crippen LogP contribution in [0.25, 0.3) is 0 Å². The molecule has 1 saturated heterocycles. The van der Waals surface area contributed by atoms with Crippen LogP contribution in [0.2, 0.25) is 0 Å². The Bertz CT molecular complexity index is 860. The van der Waals surface area contributed by atoms with Gasteiger partial charge < -0.3 is 25.2 Å². The third-order valence-electron chi connectivity index (χ3n) is 6.85. The van der Waals surface area contributed by atoms with Gasteiger partial charge in [0.25, 0.3) is 0 Å². The van der Waals surface area contributed by atoms with E-state index in [4.69, 9.17) is 9.47 Å². The summed E-state index contributed by atoms with van der Waals surface area (Å²) >= 11 is 0. The van der Waals surface area contributed by atoms with E-state index in [-0.39, 0.29) is 29.8 Å². The maximum absolute atomic E-state index is 13.7. The quantitative estimate of drug-likeness (QED) is 0.410. The van der Waals surface area contributed by atoms with Crippen LogP contribution in [-0.4, -0.2) is 73.0 Å². The van der Waals surface area contributed by atoms with Crippen molar-refractivity contribution in [2.75, 3.05) is 37.8 Å². The molecule has 0 radical (unpaired) electrons. The minimum Gasteiger partial charge on any atom is -0.493 e. The van der Waals surface area contributed by atoms with Crippen LogP contribution in [-0.2, 0) is 20.7 Å². The van der Waals surface area contributed by atoms with Crippen LogP contribution in [0.3, 0.4) is 0 Å². The lowest BCUT2D eigenvalue weighted by Gasteiger charge is -2.37. The molecule has 2 heterocycles. The molecule has 0 aromatic carbocycles. The second-order valence-electron chi connectivity index (χ2n) is 9.76. The summed E-state index contributed by atoms with van der Waals surface area (Å²) in [5.74, 6) is -0.496. The third-order valence-corrected chi connectivity index (χ3v) is 6.85. The van der Waals surface area contributed by atoms with Gasteiger partial charge in [0.05, 0.1) is 37.2 Å². The average Bonchev–Trinajstić information content (AvgIpc) is 3.67. The van der Waals surface area contributed by atoms with Crippen LogP contribution < -0.4 is 20.3 Å². The second kappa shape index (κ2) is 12.6. The number of pyridine rings is 1. The van der Waals surface area contributed by atoms with Crippen molar-refractivity contribution in [3.05, 3.63) is 17.8 Å². The SMILES string of the molecule is CCOC[C@H](NC(=O)[C@@H]1CNC[C@H](C(=O)N(c2cc(OCC)c(CC)cn2)C2CC2)[C@@H]1O)C(C)C. The molecule has 1 aliphatic carbocycles. The minimum absolute atomic E-state index is 0.0508. The van der Waals surface area contributed by atoms with E-state index in [2.05, 4.69) is 15.6 Å². The van der Waals surface area contributed by atoms with E-state index in [9.17, 15) is 14.7 Å². The number of nitrogens with one attached hydrogen (secondary N) is 2. The predicted molar refractivity (Wildman–Crippen MR) is 134 cm³/mol. The monoisotopic (exact) mass is 490 g/mol. The fourth-order valence-electron chi connectivity index (χ4n) is 4.47. The van der Waals surface area contributed by atoms with Crippen molar-refractivity contribution < 1.29 is 24.2 Å². The zero-order valence-electron chi connectivity index (χ0n) is 21.8. The van der Waals surface area contributed by atoms with Crippen LogP contribution in [0.5, 0.6) is 5.75 Å². The fourth-order valence-corrected chi connectivity index (χ4v) is 4.47. The van der Waals surface area contributed by atoms with Gasteiger partial charge >= 0.3 is 0 Å². The molecular formula is C26H42N4O5. The molecule has 0 spiro atoms. The molecule has 196 valence electrons. The fraction of sp³-hybridized carbons (Fsp3) is 0.731. The largest absolute Gasteiger partial charge is 0.493 e. The van der Waals surface area contributed by atoms with Crippen molar-refractivity contribution >= 4 is 17.6 Å². The topological polar surface area (TPSA) is 113 Å². The number of aryl methyl sites for hydroxylation is 1. The highest BCUT2D eigenvalue weighted by molar-refractivity contribution is 5.96. The number of rotatable bonds is 12. The lowest BCUT2D eigenvalue weighted by molar-refractivity contribution is -0.137. The zero-order valence-corrected chi connectivity index (χ0v) is 21.8. The minimum atomic E-state index is -1.09. The molecule has 0 bridgehead atoms. The molecule has 35 heavy (non-hydrogen) atoms. The Kier molecular flexibility index (Phi) is 9.89. The van der Waals surface area contributed by atoms with Gasteiger partial charge in [-0.2, -0.15) is 0 Å². The van der Waals surface area contributed by atoms with E-state index in [1.807, 2.05) is 40.7 Å². The van der Waals surface area contributed by atoms with Crippen molar-refractivity contribution in [3.63, 3.8) is 0 Å². The normalized spacial score (nSPS) is 23.1. The van der Waals surface area contributed by atoms with Crippen molar-refractivity contribution in [2.45, 2.75) is 72.1 Å². The number of piperidine rings is 1. The number of hydrogen-bond acceptors (Lipinski definition) is 7. The number of nitrogens with zero attached hydrogens (tertiary/aromatic N) is 2.